The summed E-state index contributed by atoms with van der Waals surface area (Å²) in [7, 11) is 0. The van der Waals surface area contributed by atoms with Gasteiger partial charge in [-0.05, 0) is 36.4 Å². The van der Waals surface area contributed by atoms with Crippen molar-refractivity contribution in [1.82, 2.24) is 19.7 Å². The SMILES string of the molecule is Fc1ccccc1-c1ccc(-n2ncc(CN3CCOCC3)c2-c2ccccc2F)cn1. The van der Waals surface area contributed by atoms with Crippen molar-refractivity contribution in [3.05, 3.63) is 90.3 Å². The standard InChI is InChI=1S/C25H22F2N4O/c26-22-7-3-1-5-20(22)24-10-9-19(16-28-24)31-25(21-6-2-4-8-23(21)27)18(15-29-31)17-30-11-13-32-14-12-30/h1-10,15-16H,11-14,17H2. The van der Waals surface area contributed by atoms with E-state index in [9.17, 15) is 8.78 Å². The number of morpholine rings is 1. The number of nitrogens with zero attached hydrogens (tertiary/aromatic N) is 4. The van der Waals surface area contributed by atoms with E-state index in [4.69, 9.17) is 4.74 Å². The summed E-state index contributed by atoms with van der Waals surface area (Å²) >= 11 is 0. The van der Waals surface area contributed by atoms with Crippen LogP contribution in [-0.2, 0) is 11.3 Å². The lowest BCUT2D eigenvalue weighted by Gasteiger charge is -2.26. The van der Waals surface area contributed by atoms with Gasteiger partial charge in [-0.2, -0.15) is 5.10 Å². The molecule has 2 aromatic carbocycles. The molecule has 1 fully saturated rings. The maximum Gasteiger partial charge on any atom is 0.132 e. The average molecular weight is 432 g/mol. The highest BCUT2D eigenvalue weighted by atomic mass is 19.1. The van der Waals surface area contributed by atoms with E-state index in [1.165, 1.54) is 12.1 Å². The summed E-state index contributed by atoms with van der Waals surface area (Å²) in [6.45, 7) is 3.66. The molecule has 2 aromatic heterocycles. The summed E-state index contributed by atoms with van der Waals surface area (Å²) in [5, 5.41) is 4.57. The molecule has 1 aliphatic heterocycles. The van der Waals surface area contributed by atoms with Crippen LogP contribution in [-0.4, -0.2) is 46.0 Å². The first-order valence-electron chi connectivity index (χ1n) is 10.5. The Morgan fingerprint density at radius 1 is 0.812 bits per heavy atom. The Labute approximate surface area is 184 Å². The Bertz CT molecular complexity index is 1220. The van der Waals surface area contributed by atoms with Crippen LogP contribution in [0.15, 0.2) is 73.1 Å². The summed E-state index contributed by atoms with van der Waals surface area (Å²) in [5.41, 5.74) is 3.73. The van der Waals surface area contributed by atoms with E-state index in [0.717, 1.165) is 18.7 Å². The molecule has 0 N–H and O–H groups in total. The number of ether oxygens (including phenoxy) is 1. The van der Waals surface area contributed by atoms with E-state index in [0.29, 0.717) is 48.0 Å². The Morgan fingerprint density at radius 2 is 1.50 bits per heavy atom. The molecule has 0 amide bonds. The van der Waals surface area contributed by atoms with E-state index >= 15 is 0 Å². The molecule has 3 heterocycles. The zero-order valence-electron chi connectivity index (χ0n) is 17.4. The first-order valence-corrected chi connectivity index (χ1v) is 10.5. The lowest BCUT2D eigenvalue weighted by atomic mass is 10.1. The van der Waals surface area contributed by atoms with Crippen LogP contribution < -0.4 is 0 Å². The normalized spacial score (nSPS) is 14.6. The molecule has 5 nitrogen and oxygen atoms in total. The highest BCUT2D eigenvalue weighted by Gasteiger charge is 2.21. The lowest BCUT2D eigenvalue weighted by molar-refractivity contribution is 0.0342. The third kappa shape index (κ3) is 4.04. The Morgan fingerprint density at radius 3 is 2.16 bits per heavy atom. The van der Waals surface area contributed by atoms with Gasteiger partial charge in [-0.3, -0.25) is 9.88 Å². The van der Waals surface area contributed by atoms with E-state index in [1.807, 2.05) is 12.1 Å². The van der Waals surface area contributed by atoms with Gasteiger partial charge in [-0.1, -0.05) is 24.3 Å². The maximum absolute atomic E-state index is 14.8. The first-order chi connectivity index (χ1) is 15.7. The fraction of sp³-hybridized carbons (Fsp3) is 0.200. The number of benzene rings is 2. The Kier molecular flexibility index (Phi) is 5.75. The molecule has 0 atom stereocenters. The highest BCUT2D eigenvalue weighted by molar-refractivity contribution is 5.67. The molecule has 0 bridgehead atoms. The molecule has 1 saturated heterocycles. The van der Waals surface area contributed by atoms with Gasteiger partial charge >= 0.3 is 0 Å². The second-order valence-electron chi connectivity index (χ2n) is 7.68. The number of pyridine rings is 1. The average Bonchev–Trinajstić information content (AvgIpc) is 3.24. The van der Waals surface area contributed by atoms with Gasteiger partial charge in [-0.15, -0.1) is 0 Å². The van der Waals surface area contributed by atoms with E-state index in [2.05, 4.69) is 15.0 Å². The van der Waals surface area contributed by atoms with E-state index < -0.39 is 0 Å². The quantitative estimate of drug-likeness (QED) is 0.458. The van der Waals surface area contributed by atoms with Crippen molar-refractivity contribution >= 4 is 0 Å². The minimum Gasteiger partial charge on any atom is -0.379 e. The zero-order chi connectivity index (χ0) is 21.9. The molecule has 5 rings (SSSR count). The highest BCUT2D eigenvalue weighted by Crippen LogP contribution is 2.30. The number of halogens is 2. The smallest absolute Gasteiger partial charge is 0.132 e. The van der Waals surface area contributed by atoms with Crippen LogP contribution in [0.1, 0.15) is 5.56 Å². The van der Waals surface area contributed by atoms with Crippen molar-refractivity contribution in [1.29, 1.82) is 0 Å². The molecule has 32 heavy (non-hydrogen) atoms. The molecule has 7 heteroatoms. The van der Waals surface area contributed by atoms with Crippen LogP contribution in [0.5, 0.6) is 0 Å². The van der Waals surface area contributed by atoms with Crippen LogP contribution in [0.4, 0.5) is 8.78 Å². The van der Waals surface area contributed by atoms with Gasteiger partial charge in [0.2, 0.25) is 0 Å². The second kappa shape index (κ2) is 8.98. The summed E-state index contributed by atoms with van der Waals surface area (Å²) in [5.74, 6) is -0.639. The number of aromatic nitrogens is 3. The van der Waals surface area contributed by atoms with Crippen LogP contribution in [0, 0.1) is 11.6 Å². The monoisotopic (exact) mass is 432 g/mol. The van der Waals surface area contributed by atoms with Crippen molar-refractivity contribution < 1.29 is 13.5 Å². The summed E-state index contributed by atoms with van der Waals surface area (Å²) in [4.78, 5) is 6.72. The predicted molar refractivity (Wildman–Crippen MR) is 118 cm³/mol. The van der Waals surface area contributed by atoms with Gasteiger partial charge in [0.05, 0.1) is 42.7 Å². The molecule has 0 unspecified atom stereocenters. The minimum absolute atomic E-state index is 0.312. The van der Waals surface area contributed by atoms with Gasteiger partial charge in [0.25, 0.3) is 0 Å². The zero-order valence-corrected chi connectivity index (χ0v) is 17.4. The van der Waals surface area contributed by atoms with E-state index in [-0.39, 0.29) is 11.6 Å². The number of rotatable bonds is 5. The van der Waals surface area contributed by atoms with Gasteiger partial charge in [0, 0.05) is 36.3 Å². The predicted octanol–water partition coefficient (Wildman–Crippen LogP) is 4.71. The summed E-state index contributed by atoms with van der Waals surface area (Å²) in [6, 6.07) is 16.8. The van der Waals surface area contributed by atoms with Crippen molar-refractivity contribution in [3.63, 3.8) is 0 Å². The minimum atomic E-state index is -0.327. The summed E-state index contributed by atoms with van der Waals surface area (Å²) in [6.07, 6.45) is 3.42. The molecule has 0 radical (unpaired) electrons. The Hall–Kier alpha value is -3.42. The molecule has 0 spiro atoms. The van der Waals surface area contributed by atoms with Crippen molar-refractivity contribution in [2.45, 2.75) is 6.54 Å². The second-order valence-corrected chi connectivity index (χ2v) is 7.68. The molecular formula is C25H22F2N4O. The van der Waals surface area contributed by atoms with Crippen LogP contribution >= 0.6 is 0 Å². The first kappa shape index (κ1) is 20.5. The van der Waals surface area contributed by atoms with Gasteiger partial charge in [0.1, 0.15) is 11.6 Å². The maximum atomic E-state index is 14.8. The third-order valence-corrected chi connectivity index (χ3v) is 5.61. The van der Waals surface area contributed by atoms with Gasteiger partial charge < -0.3 is 4.74 Å². The molecular weight excluding hydrogens is 410 g/mol. The van der Waals surface area contributed by atoms with Crippen molar-refractivity contribution in [2.75, 3.05) is 26.3 Å². The van der Waals surface area contributed by atoms with Crippen LogP contribution in [0.3, 0.4) is 0 Å². The Balaban J connectivity index is 1.55. The van der Waals surface area contributed by atoms with Gasteiger partial charge in [0.15, 0.2) is 0 Å². The third-order valence-electron chi connectivity index (χ3n) is 5.61. The van der Waals surface area contributed by atoms with Crippen LogP contribution in [0.25, 0.3) is 28.2 Å². The van der Waals surface area contributed by atoms with E-state index in [1.54, 1.807) is 53.5 Å². The lowest BCUT2D eigenvalue weighted by Crippen LogP contribution is -2.35. The fourth-order valence-electron chi connectivity index (χ4n) is 3.97. The topological polar surface area (TPSA) is 43.2 Å². The summed E-state index contributed by atoms with van der Waals surface area (Å²) < 4.78 is 36.1. The number of hydrogen-bond acceptors (Lipinski definition) is 4. The molecule has 0 aliphatic carbocycles. The largest absolute Gasteiger partial charge is 0.379 e. The van der Waals surface area contributed by atoms with Crippen molar-refractivity contribution in [2.24, 2.45) is 0 Å². The van der Waals surface area contributed by atoms with Gasteiger partial charge in [-0.25, -0.2) is 13.5 Å². The molecule has 1 aliphatic rings. The fourth-order valence-corrected chi connectivity index (χ4v) is 3.97. The molecule has 4 aromatic rings. The number of hydrogen-bond donors (Lipinski definition) is 0. The molecule has 0 saturated carbocycles. The van der Waals surface area contributed by atoms with Crippen molar-refractivity contribution in [3.8, 4) is 28.2 Å². The molecule has 162 valence electrons. The van der Waals surface area contributed by atoms with Crippen LogP contribution in [0.2, 0.25) is 0 Å².